The van der Waals surface area contributed by atoms with Crippen molar-refractivity contribution in [2.75, 3.05) is 0 Å². The summed E-state index contributed by atoms with van der Waals surface area (Å²) in [4.78, 5) is 0. The van der Waals surface area contributed by atoms with Crippen LogP contribution in [0.4, 0.5) is 0 Å². The molecule has 108 valence electrons. The van der Waals surface area contributed by atoms with Crippen LogP contribution < -0.4 is 0 Å². The summed E-state index contributed by atoms with van der Waals surface area (Å²) in [6.07, 6.45) is 0.168. The molecular weight excluding hydrogens is 280 g/mol. The SMILES string of the molecule is c1ccc2c(c1)[C@H]1O[C@@H]2c2c1c1ccccc1c1ccccc21. The zero-order chi connectivity index (χ0) is 15.0. The molecule has 4 aromatic carbocycles. The Morgan fingerprint density at radius 3 is 1.35 bits per heavy atom. The number of hydrogen-bond donors (Lipinski definition) is 0. The minimum absolute atomic E-state index is 0.0840. The van der Waals surface area contributed by atoms with Crippen LogP contribution in [-0.2, 0) is 4.74 Å². The van der Waals surface area contributed by atoms with Crippen molar-refractivity contribution in [3.63, 3.8) is 0 Å². The second-order valence-electron chi connectivity index (χ2n) is 6.44. The molecule has 6 rings (SSSR count). The first-order valence-electron chi connectivity index (χ1n) is 8.11. The van der Waals surface area contributed by atoms with Gasteiger partial charge in [-0.05, 0) is 43.8 Å². The maximum atomic E-state index is 6.43. The molecule has 0 saturated carbocycles. The van der Waals surface area contributed by atoms with Crippen LogP contribution in [0.15, 0.2) is 72.8 Å². The van der Waals surface area contributed by atoms with E-state index in [0.717, 1.165) is 0 Å². The molecule has 2 atom stereocenters. The first-order chi connectivity index (χ1) is 11.4. The summed E-state index contributed by atoms with van der Waals surface area (Å²) in [6, 6.07) is 26.1. The Bertz CT molecular complexity index is 1020. The third kappa shape index (κ3) is 1.32. The van der Waals surface area contributed by atoms with Crippen molar-refractivity contribution in [1.29, 1.82) is 0 Å². The van der Waals surface area contributed by atoms with Gasteiger partial charge in [0, 0.05) is 0 Å². The molecule has 0 amide bonds. The van der Waals surface area contributed by atoms with E-state index in [4.69, 9.17) is 4.74 Å². The maximum absolute atomic E-state index is 6.43. The van der Waals surface area contributed by atoms with Gasteiger partial charge >= 0.3 is 0 Å². The van der Waals surface area contributed by atoms with Gasteiger partial charge in [-0.3, -0.25) is 0 Å². The van der Waals surface area contributed by atoms with Crippen LogP contribution in [0.3, 0.4) is 0 Å². The second kappa shape index (κ2) is 4.01. The van der Waals surface area contributed by atoms with Gasteiger partial charge in [-0.1, -0.05) is 72.8 Å². The Morgan fingerprint density at radius 2 is 0.870 bits per heavy atom. The van der Waals surface area contributed by atoms with Crippen molar-refractivity contribution in [3.8, 4) is 0 Å². The lowest BCUT2D eigenvalue weighted by Gasteiger charge is -2.20. The Morgan fingerprint density at radius 1 is 0.478 bits per heavy atom. The molecule has 4 aromatic rings. The summed E-state index contributed by atoms with van der Waals surface area (Å²) < 4.78 is 6.43. The highest BCUT2D eigenvalue weighted by Crippen LogP contribution is 2.58. The maximum Gasteiger partial charge on any atom is 0.110 e. The lowest BCUT2D eigenvalue weighted by atomic mass is 9.80. The van der Waals surface area contributed by atoms with Crippen LogP contribution in [0.1, 0.15) is 34.5 Å². The summed E-state index contributed by atoms with van der Waals surface area (Å²) in [6.45, 7) is 0. The molecule has 0 N–H and O–H groups in total. The number of fused-ring (bicyclic) bond motifs is 13. The van der Waals surface area contributed by atoms with Crippen LogP contribution >= 0.6 is 0 Å². The van der Waals surface area contributed by atoms with Gasteiger partial charge < -0.3 is 4.74 Å². The van der Waals surface area contributed by atoms with Gasteiger partial charge in [0.2, 0.25) is 0 Å². The fourth-order valence-electron chi connectivity index (χ4n) is 4.48. The molecule has 1 nitrogen and oxygen atoms in total. The van der Waals surface area contributed by atoms with E-state index >= 15 is 0 Å². The second-order valence-corrected chi connectivity index (χ2v) is 6.44. The highest BCUT2D eigenvalue weighted by Gasteiger charge is 2.44. The molecule has 2 aliphatic heterocycles. The molecule has 2 aliphatic rings. The third-order valence-corrected chi connectivity index (χ3v) is 5.37. The first kappa shape index (κ1) is 11.9. The van der Waals surface area contributed by atoms with Crippen LogP contribution in [0.5, 0.6) is 0 Å². The fourth-order valence-corrected chi connectivity index (χ4v) is 4.48. The minimum atomic E-state index is 0.0840. The van der Waals surface area contributed by atoms with Crippen LogP contribution in [-0.4, -0.2) is 0 Å². The molecule has 2 bridgehead atoms. The van der Waals surface area contributed by atoms with E-state index in [1.54, 1.807) is 0 Å². The number of benzene rings is 4. The van der Waals surface area contributed by atoms with E-state index < -0.39 is 0 Å². The summed E-state index contributed by atoms with van der Waals surface area (Å²) in [5, 5.41) is 5.33. The van der Waals surface area contributed by atoms with Crippen molar-refractivity contribution in [2.45, 2.75) is 12.2 Å². The van der Waals surface area contributed by atoms with Gasteiger partial charge in [-0.25, -0.2) is 0 Å². The first-order valence-corrected chi connectivity index (χ1v) is 8.11. The largest absolute Gasteiger partial charge is 0.356 e. The van der Waals surface area contributed by atoms with Crippen molar-refractivity contribution < 1.29 is 4.74 Å². The van der Waals surface area contributed by atoms with Gasteiger partial charge in [0.1, 0.15) is 12.2 Å². The number of rotatable bonds is 0. The van der Waals surface area contributed by atoms with Gasteiger partial charge in [0.05, 0.1) is 0 Å². The van der Waals surface area contributed by atoms with Gasteiger partial charge in [-0.15, -0.1) is 0 Å². The van der Waals surface area contributed by atoms with E-state index in [2.05, 4.69) is 72.8 Å². The van der Waals surface area contributed by atoms with Crippen LogP contribution in [0, 0.1) is 0 Å². The Kier molecular flexibility index (Phi) is 2.07. The topological polar surface area (TPSA) is 9.23 Å². The molecular formula is C22H14O. The number of hydrogen-bond acceptors (Lipinski definition) is 1. The molecule has 23 heavy (non-hydrogen) atoms. The summed E-state index contributed by atoms with van der Waals surface area (Å²) in [7, 11) is 0. The van der Waals surface area contributed by atoms with Gasteiger partial charge in [0.25, 0.3) is 0 Å². The van der Waals surface area contributed by atoms with E-state index in [9.17, 15) is 0 Å². The normalized spacial score (nSPS) is 20.9. The smallest absolute Gasteiger partial charge is 0.110 e. The predicted octanol–water partition coefficient (Wildman–Crippen LogP) is 5.52. The Hall–Kier alpha value is -2.64. The van der Waals surface area contributed by atoms with Crippen molar-refractivity contribution >= 4 is 21.5 Å². The molecule has 0 aromatic heterocycles. The van der Waals surface area contributed by atoms with Crippen molar-refractivity contribution in [1.82, 2.24) is 0 Å². The zero-order valence-corrected chi connectivity index (χ0v) is 12.5. The molecule has 2 heterocycles. The standard InChI is InChI=1S/C22H14O/c1-3-9-15-13(7-1)14-8-2-4-10-16(14)20-19(15)21-17-11-5-6-12-18(17)22(20)23-21/h1-12,21-22H/t21-,22+. The highest BCUT2D eigenvalue weighted by atomic mass is 16.5. The zero-order valence-electron chi connectivity index (χ0n) is 12.5. The van der Waals surface area contributed by atoms with Crippen LogP contribution in [0.2, 0.25) is 0 Å². The van der Waals surface area contributed by atoms with Crippen LogP contribution in [0.25, 0.3) is 21.5 Å². The average molecular weight is 294 g/mol. The Labute approximate surface area is 134 Å². The fraction of sp³-hybridized carbons (Fsp3) is 0.0909. The Balaban J connectivity index is 1.85. The molecule has 1 heteroatoms. The van der Waals surface area contributed by atoms with Crippen molar-refractivity contribution in [2.24, 2.45) is 0 Å². The monoisotopic (exact) mass is 294 g/mol. The van der Waals surface area contributed by atoms with E-state index in [1.165, 1.54) is 43.8 Å². The summed E-state index contributed by atoms with van der Waals surface area (Å²) in [5.41, 5.74) is 5.43. The molecule has 0 radical (unpaired) electrons. The molecule has 0 unspecified atom stereocenters. The third-order valence-electron chi connectivity index (χ3n) is 5.37. The summed E-state index contributed by atoms with van der Waals surface area (Å²) >= 11 is 0. The van der Waals surface area contributed by atoms with E-state index in [-0.39, 0.29) is 12.2 Å². The lowest BCUT2D eigenvalue weighted by molar-refractivity contribution is 0.0866. The summed E-state index contributed by atoms with van der Waals surface area (Å²) in [5.74, 6) is 0. The highest BCUT2D eigenvalue weighted by molar-refractivity contribution is 6.11. The van der Waals surface area contributed by atoms with E-state index in [1.807, 2.05) is 0 Å². The minimum Gasteiger partial charge on any atom is -0.356 e. The molecule has 0 spiro atoms. The van der Waals surface area contributed by atoms with Gasteiger partial charge in [0.15, 0.2) is 0 Å². The number of ether oxygens (including phenoxy) is 1. The van der Waals surface area contributed by atoms with E-state index in [0.29, 0.717) is 0 Å². The predicted molar refractivity (Wildman–Crippen MR) is 92.7 cm³/mol. The average Bonchev–Trinajstić information content (AvgIpc) is 3.20. The molecule has 0 aliphatic carbocycles. The van der Waals surface area contributed by atoms with Crippen molar-refractivity contribution in [3.05, 3.63) is 95.1 Å². The quantitative estimate of drug-likeness (QED) is 0.388. The van der Waals surface area contributed by atoms with Gasteiger partial charge in [-0.2, -0.15) is 0 Å². The molecule has 0 fully saturated rings. The lowest BCUT2D eigenvalue weighted by Crippen LogP contribution is -2.04. The molecule has 0 saturated heterocycles.